The third-order valence-corrected chi connectivity index (χ3v) is 2.66. The van der Waals surface area contributed by atoms with E-state index in [2.05, 4.69) is 4.98 Å². The van der Waals surface area contributed by atoms with E-state index in [0.717, 1.165) is 5.56 Å². The van der Waals surface area contributed by atoms with E-state index in [1.54, 1.807) is 44.7 Å². The zero-order valence-electron chi connectivity index (χ0n) is 10.8. The highest BCUT2D eigenvalue weighted by Crippen LogP contribution is 2.23. The molecule has 0 spiro atoms. The molecule has 1 N–H and O–H groups in total. The molecule has 4 heteroatoms. The molecule has 19 heavy (non-hydrogen) atoms. The minimum atomic E-state index is -0.0770. The zero-order valence-corrected chi connectivity index (χ0v) is 10.8. The Morgan fingerprint density at radius 3 is 2.37 bits per heavy atom. The summed E-state index contributed by atoms with van der Waals surface area (Å²) in [7, 11) is 3.18. The minimum Gasteiger partial charge on any atom is -0.497 e. The predicted octanol–water partition coefficient (Wildman–Crippen LogP) is 2.93. The van der Waals surface area contributed by atoms with Crippen LogP contribution < -0.4 is 9.47 Å². The Morgan fingerprint density at radius 2 is 1.84 bits per heavy atom. The van der Waals surface area contributed by atoms with Crippen molar-refractivity contribution in [3.63, 3.8) is 0 Å². The summed E-state index contributed by atoms with van der Waals surface area (Å²) in [4.78, 5) is 14.7. The van der Waals surface area contributed by atoms with Gasteiger partial charge < -0.3 is 14.5 Å². The number of allylic oxidation sites excluding steroid dienone is 1. The second-order valence-corrected chi connectivity index (χ2v) is 3.93. The summed E-state index contributed by atoms with van der Waals surface area (Å²) in [6.45, 7) is 0. The molecule has 2 rings (SSSR count). The molecule has 1 aromatic carbocycles. The topological polar surface area (TPSA) is 51.3 Å². The van der Waals surface area contributed by atoms with Crippen LogP contribution in [0.1, 0.15) is 16.1 Å². The Kier molecular flexibility index (Phi) is 4.03. The number of aromatic amines is 1. The van der Waals surface area contributed by atoms with E-state index in [0.29, 0.717) is 17.2 Å². The summed E-state index contributed by atoms with van der Waals surface area (Å²) in [6, 6.07) is 8.97. The number of ether oxygens (including phenoxy) is 2. The number of rotatable bonds is 5. The fourth-order valence-electron chi connectivity index (χ4n) is 1.67. The Labute approximate surface area is 111 Å². The van der Waals surface area contributed by atoms with Gasteiger partial charge in [0.25, 0.3) is 0 Å². The smallest absolute Gasteiger partial charge is 0.201 e. The van der Waals surface area contributed by atoms with Crippen molar-refractivity contribution < 1.29 is 14.3 Å². The van der Waals surface area contributed by atoms with Crippen LogP contribution in [0.4, 0.5) is 0 Å². The second-order valence-electron chi connectivity index (χ2n) is 3.93. The molecule has 1 aromatic heterocycles. The molecule has 0 radical (unpaired) electrons. The number of nitrogens with one attached hydrogen (secondary N) is 1. The lowest BCUT2D eigenvalue weighted by Crippen LogP contribution is -1.93. The van der Waals surface area contributed by atoms with Crippen molar-refractivity contribution in [2.75, 3.05) is 14.2 Å². The standard InChI is InChI=1S/C15H15NO3/c1-18-12-8-11(9-13(10-12)19-2)5-6-15(17)14-4-3-7-16-14/h3-10,16H,1-2H3/b6-5+. The van der Waals surface area contributed by atoms with Crippen molar-refractivity contribution in [2.45, 2.75) is 0 Å². The van der Waals surface area contributed by atoms with Gasteiger partial charge in [-0.05, 0) is 35.9 Å². The molecule has 1 heterocycles. The summed E-state index contributed by atoms with van der Waals surface area (Å²) in [6.07, 6.45) is 4.96. The van der Waals surface area contributed by atoms with E-state index in [1.807, 2.05) is 12.1 Å². The third-order valence-electron chi connectivity index (χ3n) is 2.66. The van der Waals surface area contributed by atoms with Gasteiger partial charge in [0.2, 0.25) is 5.78 Å². The average Bonchev–Trinajstić information content (AvgIpc) is 2.98. The molecule has 0 atom stereocenters. The number of ketones is 1. The summed E-state index contributed by atoms with van der Waals surface area (Å²) < 4.78 is 10.3. The monoisotopic (exact) mass is 257 g/mol. The van der Waals surface area contributed by atoms with Gasteiger partial charge in [-0.3, -0.25) is 4.79 Å². The van der Waals surface area contributed by atoms with Crippen LogP contribution in [0, 0.1) is 0 Å². The molecule has 0 saturated carbocycles. The molecule has 4 nitrogen and oxygen atoms in total. The van der Waals surface area contributed by atoms with Gasteiger partial charge >= 0.3 is 0 Å². The number of methoxy groups -OCH3 is 2. The van der Waals surface area contributed by atoms with Crippen LogP contribution in [-0.4, -0.2) is 25.0 Å². The van der Waals surface area contributed by atoms with Crippen molar-refractivity contribution >= 4 is 11.9 Å². The average molecular weight is 257 g/mol. The Bertz CT molecular complexity index is 563. The van der Waals surface area contributed by atoms with E-state index in [4.69, 9.17) is 9.47 Å². The first-order valence-electron chi connectivity index (χ1n) is 5.82. The molecule has 0 unspecified atom stereocenters. The van der Waals surface area contributed by atoms with Gasteiger partial charge in [-0.25, -0.2) is 0 Å². The van der Waals surface area contributed by atoms with Crippen LogP contribution in [0.25, 0.3) is 6.08 Å². The number of carbonyl (C=O) groups excluding carboxylic acids is 1. The van der Waals surface area contributed by atoms with Crippen molar-refractivity contribution in [1.82, 2.24) is 4.98 Å². The number of hydrogen-bond donors (Lipinski definition) is 1. The summed E-state index contributed by atoms with van der Waals surface area (Å²) in [5, 5.41) is 0. The van der Waals surface area contributed by atoms with Crippen molar-refractivity contribution in [2.24, 2.45) is 0 Å². The van der Waals surface area contributed by atoms with Crippen molar-refractivity contribution in [1.29, 1.82) is 0 Å². The van der Waals surface area contributed by atoms with E-state index in [9.17, 15) is 4.79 Å². The molecule has 2 aromatic rings. The molecule has 98 valence electrons. The summed E-state index contributed by atoms with van der Waals surface area (Å²) in [5.74, 6) is 1.30. The lowest BCUT2D eigenvalue weighted by atomic mass is 10.1. The van der Waals surface area contributed by atoms with Gasteiger partial charge in [0.15, 0.2) is 0 Å². The SMILES string of the molecule is COc1cc(/C=C/C(=O)c2ccc[nH]2)cc(OC)c1. The van der Waals surface area contributed by atoms with E-state index in [1.165, 1.54) is 6.08 Å². The highest BCUT2D eigenvalue weighted by molar-refractivity contribution is 6.05. The second kappa shape index (κ2) is 5.91. The number of carbonyl (C=O) groups is 1. The maximum absolute atomic E-state index is 11.8. The molecule has 0 bridgehead atoms. The van der Waals surface area contributed by atoms with Crippen molar-refractivity contribution in [3.05, 3.63) is 53.9 Å². The molecule has 0 aliphatic carbocycles. The Balaban J connectivity index is 2.20. The molecule has 0 amide bonds. The van der Waals surface area contributed by atoms with Crippen LogP contribution in [0.2, 0.25) is 0 Å². The van der Waals surface area contributed by atoms with E-state index >= 15 is 0 Å². The fraction of sp³-hybridized carbons (Fsp3) is 0.133. The maximum Gasteiger partial charge on any atom is 0.201 e. The molecule has 0 aliphatic rings. The number of aromatic nitrogens is 1. The van der Waals surface area contributed by atoms with Crippen molar-refractivity contribution in [3.8, 4) is 11.5 Å². The highest BCUT2D eigenvalue weighted by atomic mass is 16.5. The Morgan fingerprint density at radius 1 is 1.16 bits per heavy atom. The molecule has 0 aliphatic heterocycles. The molecular weight excluding hydrogens is 242 g/mol. The highest BCUT2D eigenvalue weighted by Gasteiger charge is 2.03. The lowest BCUT2D eigenvalue weighted by Gasteiger charge is -2.05. The number of H-pyrrole nitrogens is 1. The quantitative estimate of drug-likeness (QED) is 0.662. The van der Waals surface area contributed by atoms with Gasteiger partial charge in [0.1, 0.15) is 11.5 Å². The van der Waals surface area contributed by atoms with Crippen LogP contribution in [0.5, 0.6) is 11.5 Å². The predicted molar refractivity (Wildman–Crippen MR) is 73.7 cm³/mol. The number of hydrogen-bond acceptors (Lipinski definition) is 3. The lowest BCUT2D eigenvalue weighted by molar-refractivity contribution is 0.104. The van der Waals surface area contributed by atoms with Crippen LogP contribution >= 0.6 is 0 Å². The van der Waals surface area contributed by atoms with Crippen LogP contribution in [0.3, 0.4) is 0 Å². The zero-order chi connectivity index (χ0) is 13.7. The molecule has 0 fully saturated rings. The third kappa shape index (κ3) is 3.25. The Hall–Kier alpha value is -2.49. The van der Waals surface area contributed by atoms with Crippen LogP contribution in [0.15, 0.2) is 42.6 Å². The van der Waals surface area contributed by atoms with E-state index < -0.39 is 0 Å². The van der Waals surface area contributed by atoms with Gasteiger partial charge in [-0.1, -0.05) is 6.08 Å². The maximum atomic E-state index is 11.8. The largest absolute Gasteiger partial charge is 0.497 e. The summed E-state index contributed by atoms with van der Waals surface area (Å²) in [5.41, 5.74) is 1.40. The fourth-order valence-corrected chi connectivity index (χ4v) is 1.67. The van der Waals surface area contributed by atoms with E-state index in [-0.39, 0.29) is 5.78 Å². The first-order valence-corrected chi connectivity index (χ1v) is 5.82. The summed E-state index contributed by atoms with van der Waals surface area (Å²) >= 11 is 0. The minimum absolute atomic E-state index is 0.0770. The molecular formula is C15H15NO3. The van der Waals surface area contributed by atoms with Gasteiger partial charge in [0, 0.05) is 12.3 Å². The first kappa shape index (κ1) is 13.0. The normalized spacial score (nSPS) is 10.6. The van der Waals surface area contributed by atoms with Gasteiger partial charge in [-0.15, -0.1) is 0 Å². The van der Waals surface area contributed by atoms with Gasteiger partial charge in [0.05, 0.1) is 19.9 Å². The first-order chi connectivity index (χ1) is 9.22. The van der Waals surface area contributed by atoms with Crippen LogP contribution in [-0.2, 0) is 0 Å². The molecule has 0 saturated heterocycles. The number of benzene rings is 1. The van der Waals surface area contributed by atoms with Gasteiger partial charge in [-0.2, -0.15) is 0 Å².